The van der Waals surface area contributed by atoms with Gasteiger partial charge in [-0.3, -0.25) is 0 Å². The van der Waals surface area contributed by atoms with E-state index in [1.807, 2.05) is 30.3 Å². The van der Waals surface area contributed by atoms with Gasteiger partial charge in [-0.05, 0) is 12.5 Å². The van der Waals surface area contributed by atoms with Crippen LogP contribution in [0.1, 0.15) is 24.4 Å². The van der Waals surface area contributed by atoms with E-state index in [1.54, 1.807) is 23.9 Å². The van der Waals surface area contributed by atoms with Crippen molar-refractivity contribution in [3.63, 3.8) is 0 Å². The Morgan fingerprint density at radius 2 is 1.94 bits per heavy atom. The number of rotatable bonds is 5. The first-order chi connectivity index (χ1) is 8.66. The average molecular weight is 246 g/mol. The van der Waals surface area contributed by atoms with E-state index < -0.39 is 12.2 Å². The Bertz CT molecular complexity index is 480. The molecule has 18 heavy (non-hydrogen) atoms. The predicted molar refractivity (Wildman–Crippen MR) is 69.0 cm³/mol. The van der Waals surface area contributed by atoms with Gasteiger partial charge in [-0.25, -0.2) is 4.98 Å². The molecule has 4 nitrogen and oxygen atoms in total. The van der Waals surface area contributed by atoms with Crippen LogP contribution in [0.4, 0.5) is 0 Å². The minimum absolute atomic E-state index is 0.440. The third-order valence-electron chi connectivity index (χ3n) is 2.84. The molecule has 1 aromatic carbocycles. The normalized spacial score (nSPS) is 14.4. The SMILES string of the molecule is CC(O)c1nccn1CC(O)Cc1ccccc1. The van der Waals surface area contributed by atoms with Crippen molar-refractivity contribution in [2.45, 2.75) is 32.1 Å². The second kappa shape index (κ2) is 5.80. The van der Waals surface area contributed by atoms with Gasteiger partial charge in [0.1, 0.15) is 11.9 Å². The summed E-state index contributed by atoms with van der Waals surface area (Å²) in [7, 11) is 0. The van der Waals surface area contributed by atoms with Crippen molar-refractivity contribution in [1.29, 1.82) is 0 Å². The molecule has 96 valence electrons. The molecule has 2 atom stereocenters. The Morgan fingerprint density at radius 3 is 2.61 bits per heavy atom. The smallest absolute Gasteiger partial charge is 0.137 e. The zero-order chi connectivity index (χ0) is 13.0. The Morgan fingerprint density at radius 1 is 1.22 bits per heavy atom. The third kappa shape index (κ3) is 3.18. The standard InChI is InChI=1S/C14H18N2O2/c1-11(17)14-15-7-8-16(14)10-13(18)9-12-5-3-2-4-6-12/h2-8,11,13,17-18H,9-10H2,1H3. The average Bonchev–Trinajstić information content (AvgIpc) is 2.78. The largest absolute Gasteiger partial charge is 0.391 e. The van der Waals surface area contributed by atoms with Gasteiger partial charge in [0.25, 0.3) is 0 Å². The molecule has 1 heterocycles. The van der Waals surface area contributed by atoms with Crippen LogP contribution in [-0.4, -0.2) is 25.9 Å². The molecule has 2 N–H and O–H groups in total. The van der Waals surface area contributed by atoms with Gasteiger partial charge in [0, 0.05) is 18.8 Å². The highest BCUT2D eigenvalue weighted by Gasteiger charge is 2.12. The lowest BCUT2D eigenvalue weighted by Gasteiger charge is -2.14. The molecule has 0 aliphatic carbocycles. The highest BCUT2D eigenvalue weighted by molar-refractivity contribution is 5.15. The molecular weight excluding hydrogens is 228 g/mol. The van der Waals surface area contributed by atoms with Crippen molar-refractivity contribution < 1.29 is 10.2 Å². The summed E-state index contributed by atoms with van der Waals surface area (Å²) in [5.41, 5.74) is 1.10. The Kier molecular flexibility index (Phi) is 4.12. The topological polar surface area (TPSA) is 58.3 Å². The number of imidazole rings is 1. The van der Waals surface area contributed by atoms with Crippen molar-refractivity contribution in [2.75, 3.05) is 0 Å². The van der Waals surface area contributed by atoms with Crippen LogP contribution < -0.4 is 0 Å². The zero-order valence-corrected chi connectivity index (χ0v) is 10.4. The minimum Gasteiger partial charge on any atom is -0.391 e. The number of nitrogens with zero attached hydrogens (tertiary/aromatic N) is 2. The summed E-state index contributed by atoms with van der Waals surface area (Å²) in [6.07, 6.45) is 2.90. The van der Waals surface area contributed by atoms with E-state index >= 15 is 0 Å². The fourth-order valence-electron chi connectivity index (χ4n) is 2.02. The van der Waals surface area contributed by atoms with Crippen LogP contribution in [0.2, 0.25) is 0 Å². The van der Waals surface area contributed by atoms with E-state index in [4.69, 9.17) is 0 Å². The lowest BCUT2D eigenvalue weighted by molar-refractivity contribution is 0.141. The summed E-state index contributed by atoms with van der Waals surface area (Å²) in [6.45, 7) is 2.11. The first-order valence-electron chi connectivity index (χ1n) is 6.08. The van der Waals surface area contributed by atoms with E-state index in [-0.39, 0.29) is 0 Å². The van der Waals surface area contributed by atoms with Crippen LogP contribution in [0.25, 0.3) is 0 Å². The Labute approximate surface area is 107 Å². The number of aliphatic hydroxyl groups is 2. The maximum atomic E-state index is 10.1. The molecule has 0 saturated heterocycles. The maximum Gasteiger partial charge on any atom is 0.137 e. The molecule has 0 aliphatic rings. The van der Waals surface area contributed by atoms with Gasteiger partial charge < -0.3 is 14.8 Å². The molecule has 0 fully saturated rings. The molecule has 2 unspecified atom stereocenters. The first kappa shape index (κ1) is 12.8. The first-order valence-corrected chi connectivity index (χ1v) is 6.08. The molecule has 2 rings (SSSR count). The number of aromatic nitrogens is 2. The molecule has 0 saturated carbocycles. The van der Waals surface area contributed by atoms with Gasteiger partial charge in [0.05, 0.1) is 12.6 Å². The molecule has 4 heteroatoms. The monoisotopic (exact) mass is 246 g/mol. The van der Waals surface area contributed by atoms with Crippen molar-refractivity contribution in [1.82, 2.24) is 9.55 Å². The number of aliphatic hydroxyl groups excluding tert-OH is 2. The summed E-state index contributed by atoms with van der Waals surface area (Å²) < 4.78 is 1.79. The van der Waals surface area contributed by atoms with E-state index in [1.165, 1.54) is 0 Å². The van der Waals surface area contributed by atoms with Crippen LogP contribution >= 0.6 is 0 Å². The molecule has 1 aromatic heterocycles. The molecular formula is C14H18N2O2. The number of benzene rings is 1. The van der Waals surface area contributed by atoms with Crippen LogP contribution in [0.15, 0.2) is 42.7 Å². The lowest BCUT2D eigenvalue weighted by Crippen LogP contribution is -2.20. The second-order valence-corrected chi connectivity index (χ2v) is 4.46. The summed E-state index contributed by atoms with van der Waals surface area (Å²) in [4.78, 5) is 4.08. The molecule has 2 aromatic rings. The lowest BCUT2D eigenvalue weighted by atomic mass is 10.1. The molecule has 0 radical (unpaired) electrons. The molecule has 0 spiro atoms. The molecule has 0 amide bonds. The zero-order valence-electron chi connectivity index (χ0n) is 10.4. The van der Waals surface area contributed by atoms with E-state index in [0.29, 0.717) is 18.8 Å². The molecule has 0 bridgehead atoms. The highest BCUT2D eigenvalue weighted by Crippen LogP contribution is 2.11. The van der Waals surface area contributed by atoms with Gasteiger partial charge in [0.15, 0.2) is 0 Å². The number of hydrogen-bond acceptors (Lipinski definition) is 3. The van der Waals surface area contributed by atoms with Crippen molar-refractivity contribution in [3.05, 3.63) is 54.1 Å². The fourth-order valence-corrected chi connectivity index (χ4v) is 2.02. The van der Waals surface area contributed by atoms with E-state index in [0.717, 1.165) is 5.56 Å². The summed E-state index contributed by atoms with van der Waals surface area (Å²) >= 11 is 0. The van der Waals surface area contributed by atoms with Gasteiger partial charge >= 0.3 is 0 Å². The fraction of sp³-hybridized carbons (Fsp3) is 0.357. The van der Waals surface area contributed by atoms with Gasteiger partial charge in [0.2, 0.25) is 0 Å². The maximum absolute atomic E-state index is 10.1. The third-order valence-corrected chi connectivity index (χ3v) is 2.84. The van der Waals surface area contributed by atoms with Crippen LogP contribution in [0.5, 0.6) is 0 Å². The quantitative estimate of drug-likeness (QED) is 0.841. The van der Waals surface area contributed by atoms with E-state index in [2.05, 4.69) is 4.98 Å². The van der Waals surface area contributed by atoms with Crippen molar-refractivity contribution in [2.24, 2.45) is 0 Å². The summed E-state index contributed by atoms with van der Waals surface area (Å²) in [5.74, 6) is 0.585. The summed E-state index contributed by atoms with van der Waals surface area (Å²) in [6, 6.07) is 9.86. The van der Waals surface area contributed by atoms with Gasteiger partial charge in [-0.15, -0.1) is 0 Å². The number of hydrogen-bond donors (Lipinski definition) is 2. The Balaban J connectivity index is 1.99. The van der Waals surface area contributed by atoms with Gasteiger partial charge in [-0.1, -0.05) is 30.3 Å². The minimum atomic E-state index is -0.621. The van der Waals surface area contributed by atoms with Crippen LogP contribution in [0, 0.1) is 0 Å². The summed E-state index contributed by atoms with van der Waals surface area (Å²) in [5, 5.41) is 19.6. The van der Waals surface area contributed by atoms with Crippen molar-refractivity contribution >= 4 is 0 Å². The van der Waals surface area contributed by atoms with Crippen LogP contribution in [-0.2, 0) is 13.0 Å². The van der Waals surface area contributed by atoms with Gasteiger partial charge in [-0.2, -0.15) is 0 Å². The Hall–Kier alpha value is -1.65. The second-order valence-electron chi connectivity index (χ2n) is 4.46. The van der Waals surface area contributed by atoms with E-state index in [9.17, 15) is 10.2 Å². The van der Waals surface area contributed by atoms with Crippen LogP contribution in [0.3, 0.4) is 0 Å². The molecule has 0 aliphatic heterocycles. The highest BCUT2D eigenvalue weighted by atomic mass is 16.3. The van der Waals surface area contributed by atoms with Crippen molar-refractivity contribution in [3.8, 4) is 0 Å². The predicted octanol–water partition coefficient (Wildman–Crippen LogP) is 1.54.